The number of nitrogens with one attached hydrogen (secondary N) is 2. The quantitative estimate of drug-likeness (QED) is 0.760. The van der Waals surface area contributed by atoms with Gasteiger partial charge in [0.05, 0.1) is 12.1 Å². The summed E-state index contributed by atoms with van der Waals surface area (Å²) in [5, 5.41) is 2.98. The van der Waals surface area contributed by atoms with Crippen molar-refractivity contribution in [3.8, 4) is 5.75 Å². The van der Waals surface area contributed by atoms with E-state index in [1.54, 1.807) is 18.2 Å². The fourth-order valence-corrected chi connectivity index (χ4v) is 1.83. The van der Waals surface area contributed by atoms with Gasteiger partial charge in [0.2, 0.25) is 5.91 Å². The van der Waals surface area contributed by atoms with Crippen molar-refractivity contribution in [3.63, 3.8) is 0 Å². The van der Waals surface area contributed by atoms with E-state index in [1.807, 2.05) is 4.72 Å². The molecule has 9 heteroatoms. The highest BCUT2D eigenvalue weighted by atomic mass is 35.5. The third-order valence-corrected chi connectivity index (χ3v) is 3.54. The summed E-state index contributed by atoms with van der Waals surface area (Å²) in [7, 11) is -1.19. The van der Waals surface area contributed by atoms with Crippen molar-refractivity contribution >= 4 is 27.8 Å². The first-order chi connectivity index (χ1) is 9.38. The molecule has 0 bridgehead atoms. The molecular weight excluding hydrogens is 308 g/mol. The Kier molecular flexibility index (Phi) is 6.21. The lowest BCUT2D eigenvalue weighted by Gasteiger charge is -2.08. The molecule has 0 spiro atoms. The van der Waals surface area contributed by atoms with Crippen LogP contribution in [0.2, 0.25) is 5.02 Å². The van der Waals surface area contributed by atoms with E-state index in [-0.39, 0.29) is 6.54 Å². The molecule has 7 nitrogen and oxygen atoms in total. The molecule has 112 valence electrons. The number of rotatable bonds is 7. The summed E-state index contributed by atoms with van der Waals surface area (Å²) < 4.78 is 33.3. The molecule has 1 amide bonds. The lowest BCUT2D eigenvalue weighted by Crippen LogP contribution is -2.31. The molecular formula is C11H15ClN2O5S. The van der Waals surface area contributed by atoms with Crippen LogP contribution in [0, 0.1) is 0 Å². The molecule has 1 aromatic rings. The van der Waals surface area contributed by atoms with Crippen molar-refractivity contribution in [2.45, 2.75) is 6.54 Å². The number of methoxy groups -OCH3 is 1. The average molecular weight is 323 g/mol. The van der Waals surface area contributed by atoms with Gasteiger partial charge < -0.3 is 10.1 Å². The van der Waals surface area contributed by atoms with Crippen molar-refractivity contribution in [3.05, 3.63) is 28.8 Å². The Hall–Kier alpha value is -1.35. The number of amides is 1. The van der Waals surface area contributed by atoms with Crippen LogP contribution in [-0.2, 0) is 25.8 Å². The van der Waals surface area contributed by atoms with Crippen LogP contribution in [0.1, 0.15) is 5.56 Å². The van der Waals surface area contributed by atoms with Crippen LogP contribution >= 0.6 is 11.6 Å². The van der Waals surface area contributed by atoms with E-state index in [0.29, 0.717) is 10.8 Å². The van der Waals surface area contributed by atoms with Crippen molar-refractivity contribution in [2.75, 3.05) is 20.8 Å². The summed E-state index contributed by atoms with van der Waals surface area (Å²) in [6, 6.07) is 5.04. The Bertz CT molecular complexity index is 576. The molecule has 1 aromatic carbocycles. The molecule has 0 aliphatic rings. The predicted molar refractivity (Wildman–Crippen MR) is 73.8 cm³/mol. The van der Waals surface area contributed by atoms with Crippen LogP contribution in [0.15, 0.2) is 18.2 Å². The van der Waals surface area contributed by atoms with Crippen LogP contribution in [0.25, 0.3) is 0 Å². The lowest BCUT2D eigenvalue weighted by atomic mass is 10.2. The summed E-state index contributed by atoms with van der Waals surface area (Å²) in [5.74, 6) is -0.0647. The third kappa shape index (κ3) is 5.33. The van der Waals surface area contributed by atoms with E-state index >= 15 is 0 Å². The summed E-state index contributed by atoms with van der Waals surface area (Å²) in [6.07, 6.45) is 0. The van der Waals surface area contributed by atoms with Gasteiger partial charge in [-0.25, -0.2) is 4.18 Å². The van der Waals surface area contributed by atoms with E-state index in [9.17, 15) is 13.2 Å². The minimum absolute atomic E-state index is 0.204. The molecule has 0 saturated heterocycles. The summed E-state index contributed by atoms with van der Waals surface area (Å²) >= 11 is 5.87. The minimum Gasteiger partial charge on any atom is -0.495 e. The van der Waals surface area contributed by atoms with Gasteiger partial charge in [0.1, 0.15) is 12.4 Å². The number of halogens is 1. The molecule has 1 rings (SSSR count). The van der Waals surface area contributed by atoms with Gasteiger partial charge in [-0.05, 0) is 17.7 Å². The maximum Gasteiger partial charge on any atom is 0.336 e. The maximum absolute atomic E-state index is 11.4. The smallest absolute Gasteiger partial charge is 0.336 e. The van der Waals surface area contributed by atoms with Gasteiger partial charge >= 0.3 is 10.3 Å². The standard InChI is InChI=1S/C11H15ClN2O5S/c1-13-20(16,17)19-7-11(15)14-6-8-3-4-9(12)10(5-8)18-2/h3-5,13H,6-7H2,1-2H3,(H,14,15). The Morgan fingerprint density at radius 1 is 1.40 bits per heavy atom. The third-order valence-electron chi connectivity index (χ3n) is 2.30. The van der Waals surface area contributed by atoms with E-state index in [2.05, 4.69) is 9.50 Å². The Morgan fingerprint density at radius 2 is 2.10 bits per heavy atom. The van der Waals surface area contributed by atoms with E-state index in [1.165, 1.54) is 14.2 Å². The summed E-state index contributed by atoms with van der Waals surface area (Å²) in [6.45, 7) is -0.386. The van der Waals surface area contributed by atoms with E-state index in [0.717, 1.165) is 5.56 Å². The second-order valence-electron chi connectivity index (χ2n) is 3.67. The highest BCUT2D eigenvalue weighted by Gasteiger charge is 2.11. The zero-order valence-corrected chi connectivity index (χ0v) is 12.5. The molecule has 0 saturated carbocycles. The molecule has 0 unspecified atom stereocenters. The lowest BCUT2D eigenvalue weighted by molar-refractivity contribution is -0.123. The maximum atomic E-state index is 11.4. The molecule has 0 radical (unpaired) electrons. The number of carbonyl (C=O) groups is 1. The normalized spacial score (nSPS) is 11.2. The Morgan fingerprint density at radius 3 is 2.70 bits per heavy atom. The summed E-state index contributed by atoms with van der Waals surface area (Å²) in [5.41, 5.74) is 0.760. The fraction of sp³-hybridized carbons (Fsp3) is 0.364. The minimum atomic E-state index is -3.86. The van der Waals surface area contributed by atoms with Crippen molar-refractivity contribution in [1.82, 2.24) is 10.0 Å². The average Bonchev–Trinajstić information content (AvgIpc) is 2.44. The topological polar surface area (TPSA) is 93.7 Å². The first-order valence-corrected chi connectivity index (χ1v) is 7.33. The molecule has 0 fully saturated rings. The largest absolute Gasteiger partial charge is 0.495 e. The highest BCUT2D eigenvalue weighted by Crippen LogP contribution is 2.24. The fourth-order valence-electron chi connectivity index (χ4n) is 1.26. The van der Waals surface area contributed by atoms with Crippen LogP contribution in [-0.4, -0.2) is 35.1 Å². The second kappa shape index (κ2) is 7.44. The van der Waals surface area contributed by atoms with Crippen LogP contribution in [0.4, 0.5) is 0 Å². The SMILES string of the molecule is CNS(=O)(=O)OCC(=O)NCc1ccc(Cl)c(OC)c1. The van der Waals surface area contributed by atoms with Gasteiger partial charge in [0, 0.05) is 13.6 Å². The summed E-state index contributed by atoms with van der Waals surface area (Å²) in [4.78, 5) is 11.4. The van der Waals surface area contributed by atoms with Crippen molar-refractivity contribution < 1.29 is 22.1 Å². The molecule has 0 aliphatic carbocycles. The van der Waals surface area contributed by atoms with Gasteiger partial charge in [-0.2, -0.15) is 13.1 Å². The van der Waals surface area contributed by atoms with Gasteiger partial charge in [-0.15, -0.1) is 0 Å². The van der Waals surface area contributed by atoms with Crippen LogP contribution < -0.4 is 14.8 Å². The zero-order chi connectivity index (χ0) is 15.2. The Labute approximate surface area is 122 Å². The van der Waals surface area contributed by atoms with Gasteiger partial charge in [0.25, 0.3) is 0 Å². The predicted octanol–water partition coefficient (Wildman–Crippen LogP) is 0.446. The van der Waals surface area contributed by atoms with Crippen molar-refractivity contribution in [1.29, 1.82) is 0 Å². The van der Waals surface area contributed by atoms with E-state index in [4.69, 9.17) is 16.3 Å². The monoisotopic (exact) mass is 322 g/mol. The number of ether oxygens (including phenoxy) is 1. The molecule has 0 aliphatic heterocycles. The Balaban J connectivity index is 2.49. The number of hydrogen-bond donors (Lipinski definition) is 2. The van der Waals surface area contributed by atoms with E-state index < -0.39 is 22.8 Å². The number of hydrogen-bond acceptors (Lipinski definition) is 5. The first kappa shape index (κ1) is 16.7. The molecule has 0 heterocycles. The molecule has 0 atom stereocenters. The zero-order valence-electron chi connectivity index (χ0n) is 11.0. The first-order valence-electron chi connectivity index (χ1n) is 5.55. The van der Waals surface area contributed by atoms with Gasteiger partial charge in [-0.3, -0.25) is 4.79 Å². The van der Waals surface area contributed by atoms with Crippen LogP contribution in [0.3, 0.4) is 0 Å². The molecule has 2 N–H and O–H groups in total. The molecule has 0 aromatic heterocycles. The van der Waals surface area contributed by atoms with Crippen LogP contribution in [0.5, 0.6) is 5.75 Å². The highest BCUT2D eigenvalue weighted by molar-refractivity contribution is 7.84. The number of benzene rings is 1. The molecule has 20 heavy (non-hydrogen) atoms. The van der Waals surface area contributed by atoms with Gasteiger partial charge in [-0.1, -0.05) is 17.7 Å². The van der Waals surface area contributed by atoms with Crippen molar-refractivity contribution in [2.24, 2.45) is 0 Å². The van der Waals surface area contributed by atoms with Gasteiger partial charge in [0.15, 0.2) is 0 Å². The second-order valence-corrected chi connectivity index (χ2v) is 5.63. The number of carbonyl (C=O) groups excluding carboxylic acids is 1.